The molecule has 4 rings (SSSR count). The predicted octanol–water partition coefficient (Wildman–Crippen LogP) is 0.822. The Labute approximate surface area is 132 Å². The highest BCUT2D eigenvalue weighted by Gasteiger charge is 2.45. The summed E-state index contributed by atoms with van der Waals surface area (Å²) in [6.07, 6.45) is 2.13. The third-order valence-corrected chi connectivity index (χ3v) is 4.90. The minimum Gasteiger partial charge on any atom is -0.295 e. The van der Waals surface area contributed by atoms with Gasteiger partial charge in [0.05, 0.1) is 11.1 Å². The molecule has 1 N–H and O–H groups in total. The largest absolute Gasteiger partial charge is 0.295 e. The highest BCUT2D eigenvalue weighted by molar-refractivity contribution is 6.23. The molecular weight excluding hydrogens is 296 g/mol. The van der Waals surface area contributed by atoms with Gasteiger partial charge in [-0.1, -0.05) is 6.92 Å². The summed E-state index contributed by atoms with van der Waals surface area (Å²) < 4.78 is 0. The number of amides is 4. The molecule has 0 saturated carbocycles. The van der Waals surface area contributed by atoms with E-state index in [2.05, 4.69) is 12.2 Å². The number of fused-ring (bicyclic) bond motifs is 2. The van der Waals surface area contributed by atoms with E-state index in [0.29, 0.717) is 17.0 Å². The van der Waals surface area contributed by atoms with E-state index in [1.54, 1.807) is 12.1 Å². The highest BCUT2D eigenvalue weighted by atomic mass is 16.2. The fourth-order valence-corrected chi connectivity index (χ4v) is 3.81. The van der Waals surface area contributed by atoms with Crippen LogP contribution in [-0.4, -0.2) is 34.6 Å². The minimum atomic E-state index is -0.895. The zero-order chi connectivity index (χ0) is 16.3. The standard InChI is InChI=1S/C17H16N2O4/c1-8-4-9-6-11-12(7-10(9)5-8)17(23)19(16(11)22)13-2-3-14(20)18-15(13)21/h6-8,13H,2-5H2,1H3,(H,18,20,21). The number of nitrogens with zero attached hydrogens (tertiary/aromatic N) is 1. The molecule has 1 aromatic rings. The maximum atomic E-state index is 12.7. The summed E-state index contributed by atoms with van der Waals surface area (Å²) in [5, 5.41) is 2.20. The summed E-state index contributed by atoms with van der Waals surface area (Å²) in [5.74, 6) is -1.28. The molecule has 6 heteroatoms. The Kier molecular flexibility index (Phi) is 2.91. The van der Waals surface area contributed by atoms with Crippen LogP contribution in [0.3, 0.4) is 0 Å². The van der Waals surface area contributed by atoms with Crippen LogP contribution in [0.4, 0.5) is 0 Å². The number of piperidine rings is 1. The lowest BCUT2D eigenvalue weighted by molar-refractivity contribution is -0.136. The van der Waals surface area contributed by atoms with Gasteiger partial charge in [0.2, 0.25) is 11.8 Å². The Morgan fingerprint density at radius 1 is 1.00 bits per heavy atom. The quantitative estimate of drug-likeness (QED) is 0.778. The van der Waals surface area contributed by atoms with Crippen molar-refractivity contribution in [2.45, 2.75) is 38.6 Å². The number of hydrogen-bond acceptors (Lipinski definition) is 4. The molecule has 3 aliphatic rings. The Hall–Kier alpha value is -2.50. The van der Waals surface area contributed by atoms with Crippen molar-refractivity contribution < 1.29 is 19.2 Å². The summed E-state index contributed by atoms with van der Waals surface area (Å²) in [4.78, 5) is 49.6. The molecule has 23 heavy (non-hydrogen) atoms. The van der Waals surface area contributed by atoms with E-state index in [-0.39, 0.29) is 18.7 Å². The fourth-order valence-electron chi connectivity index (χ4n) is 3.81. The SMILES string of the molecule is CC1Cc2cc3c(cc2C1)C(=O)N(C1CCC(=O)NC1=O)C3=O. The molecule has 0 bridgehead atoms. The lowest BCUT2D eigenvalue weighted by Crippen LogP contribution is -2.54. The highest BCUT2D eigenvalue weighted by Crippen LogP contribution is 2.34. The third kappa shape index (κ3) is 2.01. The van der Waals surface area contributed by atoms with Crippen LogP contribution in [0.5, 0.6) is 0 Å². The van der Waals surface area contributed by atoms with Gasteiger partial charge in [0.1, 0.15) is 6.04 Å². The van der Waals surface area contributed by atoms with Crippen LogP contribution >= 0.6 is 0 Å². The molecular formula is C17H16N2O4. The van der Waals surface area contributed by atoms with E-state index in [1.165, 1.54) is 0 Å². The van der Waals surface area contributed by atoms with Crippen molar-refractivity contribution in [1.29, 1.82) is 0 Å². The lowest BCUT2D eigenvalue weighted by Gasteiger charge is -2.27. The Morgan fingerprint density at radius 2 is 1.57 bits per heavy atom. The number of rotatable bonds is 1. The van der Waals surface area contributed by atoms with Crippen LogP contribution in [0.2, 0.25) is 0 Å². The van der Waals surface area contributed by atoms with Crippen molar-refractivity contribution in [2.75, 3.05) is 0 Å². The molecule has 1 aliphatic carbocycles. The molecule has 0 aromatic heterocycles. The van der Waals surface area contributed by atoms with Gasteiger partial charge in [-0.25, -0.2) is 0 Å². The van der Waals surface area contributed by atoms with Crippen molar-refractivity contribution in [2.24, 2.45) is 5.92 Å². The lowest BCUT2D eigenvalue weighted by atomic mass is 10.0. The zero-order valence-electron chi connectivity index (χ0n) is 12.7. The number of benzene rings is 1. The van der Waals surface area contributed by atoms with Crippen LogP contribution in [0, 0.1) is 5.92 Å². The van der Waals surface area contributed by atoms with Crippen molar-refractivity contribution in [3.05, 3.63) is 34.4 Å². The monoisotopic (exact) mass is 312 g/mol. The van der Waals surface area contributed by atoms with Crippen molar-refractivity contribution in [3.8, 4) is 0 Å². The zero-order valence-corrected chi connectivity index (χ0v) is 12.7. The van der Waals surface area contributed by atoms with E-state index in [1.807, 2.05) is 0 Å². The summed E-state index contributed by atoms with van der Waals surface area (Å²) in [7, 11) is 0. The smallest absolute Gasteiger partial charge is 0.262 e. The fraction of sp³-hybridized carbons (Fsp3) is 0.412. The van der Waals surface area contributed by atoms with Gasteiger partial charge in [-0.3, -0.25) is 29.4 Å². The van der Waals surface area contributed by atoms with Gasteiger partial charge in [-0.05, 0) is 48.4 Å². The normalized spacial score (nSPS) is 24.0. The Balaban J connectivity index is 1.71. The second-order valence-electron chi connectivity index (χ2n) is 6.63. The second kappa shape index (κ2) is 4.75. The number of hydrogen-bond donors (Lipinski definition) is 1. The van der Waals surface area contributed by atoms with E-state index in [9.17, 15) is 19.2 Å². The summed E-state index contributed by atoms with van der Waals surface area (Å²) in [6, 6.07) is 2.72. The first-order valence-electron chi connectivity index (χ1n) is 7.83. The number of imide groups is 2. The molecule has 4 amide bonds. The van der Waals surface area contributed by atoms with E-state index in [0.717, 1.165) is 28.9 Å². The molecule has 1 unspecified atom stereocenters. The summed E-state index contributed by atoms with van der Waals surface area (Å²) in [6.45, 7) is 2.14. The maximum absolute atomic E-state index is 12.7. The van der Waals surface area contributed by atoms with Crippen LogP contribution < -0.4 is 5.32 Å². The second-order valence-corrected chi connectivity index (χ2v) is 6.63. The number of nitrogens with one attached hydrogen (secondary N) is 1. The first-order valence-corrected chi connectivity index (χ1v) is 7.83. The predicted molar refractivity (Wildman–Crippen MR) is 79.7 cm³/mol. The van der Waals surface area contributed by atoms with Gasteiger partial charge in [-0.2, -0.15) is 0 Å². The Bertz CT molecular complexity index is 738. The molecule has 2 heterocycles. The van der Waals surface area contributed by atoms with Gasteiger partial charge in [-0.15, -0.1) is 0 Å². The molecule has 118 valence electrons. The van der Waals surface area contributed by atoms with Crippen LogP contribution in [0.15, 0.2) is 12.1 Å². The topological polar surface area (TPSA) is 83.6 Å². The van der Waals surface area contributed by atoms with E-state index in [4.69, 9.17) is 0 Å². The molecule has 0 radical (unpaired) electrons. The third-order valence-electron chi connectivity index (χ3n) is 4.90. The molecule has 1 fully saturated rings. The van der Waals surface area contributed by atoms with Gasteiger partial charge >= 0.3 is 0 Å². The van der Waals surface area contributed by atoms with Crippen LogP contribution in [-0.2, 0) is 22.4 Å². The van der Waals surface area contributed by atoms with Crippen LogP contribution in [0.25, 0.3) is 0 Å². The van der Waals surface area contributed by atoms with Gasteiger partial charge < -0.3 is 0 Å². The first-order chi connectivity index (χ1) is 11.0. The van der Waals surface area contributed by atoms with Gasteiger partial charge in [0, 0.05) is 6.42 Å². The molecule has 0 spiro atoms. The molecule has 1 saturated heterocycles. The van der Waals surface area contributed by atoms with Gasteiger partial charge in [0.15, 0.2) is 0 Å². The summed E-state index contributed by atoms with van der Waals surface area (Å²) >= 11 is 0. The first kappa shape index (κ1) is 14.1. The van der Waals surface area contributed by atoms with Crippen molar-refractivity contribution in [3.63, 3.8) is 0 Å². The molecule has 2 aliphatic heterocycles. The van der Waals surface area contributed by atoms with Crippen molar-refractivity contribution in [1.82, 2.24) is 10.2 Å². The number of carbonyl (C=O) groups excluding carboxylic acids is 4. The Morgan fingerprint density at radius 3 is 2.09 bits per heavy atom. The molecule has 1 atom stereocenters. The minimum absolute atomic E-state index is 0.137. The average molecular weight is 312 g/mol. The molecule has 6 nitrogen and oxygen atoms in total. The summed E-state index contributed by atoms with van der Waals surface area (Å²) in [5.41, 5.74) is 2.99. The van der Waals surface area contributed by atoms with Crippen molar-refractivity contribution >= 4 is 23.6 Å². The van der Waals surface area contributed by atoms with Crippen LogP contribution in [0.1, 0.15) is 51.6 Å². The average Bonchev–Trinajstić information content (AvgIpc) is 2.96. The number of carbonyl (C=O) groups is 4. The van der Waals surface area contributed by atoms with E-state index < -0.39 is 23.8 Å². The van der Waals surface area contributed by atoms with Gasteiger partial charge in [0.25, 0.3) is 11.8 Å². The van der Waals surface area contributed by atoms with E-state index >= 15 is 0 Å². The maximum Gasteiger partial charge on any atom is 0.262 e. The molecule has 1 aromatic carbocycles.